The number of rotatable bonds is 3. The van der Waals surface area contributed by atoms with E-state index in [0.29, 0.717) is 11.5 Å². The van der Waals surface area contributed by atoms with Gasteiger partial charge in [-0.1, -0.05) is 19.3 Å². The zero-order chi connectivity index (χ0) is 18.8. The van der Waals surface area contributed by atoms with E-state index < -0.39 is 11.8 Å². The number of fused-ring (bicyclic) bond motifs is 1. The Morgan fingerprint density at radius 2 is 1.81 bits per heavy atom. The third-order valence-corrected chi connectivity index (χ3v) is 5.97. The summed E-state index contributed by atoms with van der Waals surface area (Å²) in [6, 6.07) is 5.96. The molecule has 1 aliphatic carbocycles. The molecule has 0 radical (unpaired) electrons. The van der Waals surface area contributed by atoms with Crippen molar-refractivity contribution >= 4 is 29.4 Å². The van der Waals surface area contributed by atoms with E-state index in [-0.39, 0.29) is 11.9 Å². The lowest BCUT2D eigenvalue weighted by Gasteiger charge is -2.22. The standard InChI is InChI=1S/C19H21FN4O2S/c20-12-6-8-14(9-7-12)24-17(15-10-27-11-16(15)23-24)22-19(26)18(25)21-13-4-2-1-3-5-13/h6-9,13H,1-5,10-11H2,(H,21,25)(H,22,26). The Balaban J connectivity index is 1.54. The molecule has 2 amide bonds. The minimum atomic E-state index is -0.691. The summed E-state index contributed by atoms with van der Waals surface area (Å²) in [5.74, 6) is 0.311. The number of amides is 2. The molecule has 0 atom stereocenters. The summed E-state index contributed by atoms with van der Waals surface area (Å²) in [5.41, 5.74) is 2.44. The predicted molar refractivity (Wildman–Crippen MR) is 102 cm³/mol. The number of thioether (sulfide) groups is 1. The lowest BCUT2D eigenvalue weighted by molar-refractivity contribution is -0.136. The summed E-state index contributed by atoms with van der Waals surface area (Å²) < 4.78 is 14.8. The molecule has 1 fully saturated rings. The minimum absolute atomic E-state index is 0.0697. The first-order chi connectivity index (χ1) is 13.1. The zero-order valence-electron chi connectivity index (χ0n) is 14.8. The van der Waals surface area contributed by atoms with Crippen LogP contribution in [0.1, 0.15) is 43.4 Å². The summed E-state index contributed by atoms with van der Waals surface area (Å²) in [6.45, 7) is 0. The Labute approximate surface area is 160 Å². The van der Waals surface area contributed by atoms with Crippen molar-refractivity contribution in [3.05, 3.63) is 41.3 Å². The Bertz CT molecular complexity index is 859. The molecular formula is C19H21FN4O2S. The minimum Gasteiger partial charge on any atom is -0.345 e. The van der Waals surface area contributed by atoms with Crippen molar-refractivity contribution in [2.75, 3.05) is 5.32 Å². The molecular weight excluding hydrogens is 367 g/mol. The first-order valence-electron chi connectivity index (χ1n) is 9.18. The van der Waals surface area contributed by atoms with Gasteiger partial charge in [0.2, 0.25) is 0 Å². The fourth-order valence-electron chi connectivity index (χ4n) is 3.57. The van der Waals surface area contributed by atoms with Crippen molar-refractivity contribution in [2.24, 2.45) is 0 Å². The molecule has 0 bridgehead atoms. The number of benzene rings is 1. The lowest BCUT2D eigenvalue weighted by atomic mass is 9.95. The van der Waals surface area contributed by atoms with Crippen molar-refractivity contribution in [2.45, 2.75) is 49.7 Å². The fourth-order valence-corrected chi connectivity index (χ4v) is 4.61. The second-order valence-corrected chi connectivity index (χ2v) is 7.90. The smallest absolute Gasteiger partial charge is 0.314 e. The van der Waals surface area contributed by atoms with Gasteiger partial charge in [-0.25, -0.2) is 9.07 Å². The Morgan fingerprint density at radius 1 is 1.07 bits per heavy atom. The van der Waals surface area contributed by atoms with Gasteiger partial charge in [-0.05, 0) is 37.1 Å². The summed E-state index contributed by atoms with van der Waals surface area (Å²) in [5, 5.41) is 10.1. The van der Waals surface area contributed by atoms with Crippen LogP contribution >= 0.6 is 11.8 Å². The van der Waals surface area contributed by atoms with Crippen LogP contribution in [0.4, 0.5) is 10.2 Å². The average Bonchev–Trinajstić information content (AvgIpc) is 3.26. The first kappa shape index (κ1) is 18.0. The van der Waals surface area contributed by atoms with Crippen LogP contribution in [-0.4, -0.2) is 27.6 Å². The SMILES string of the molecule is O=C(Nc1c2c(nn1-c1ccc(F)cc1)CSC2)C(=O)NC1CCCCC1. The molecule has 2 N–H and O–H groups in total. The molecule has 0 unspecified atom stereocenters. The second-order valence-electron chi connectivity index (χ2n) is 6.92. The van der Waals surface area contributed by atoms with Crippen molar-refractivity contribution in [3.8, 4) is 5.69 Å². The van der Waals surface area contributed by atoms with Gasteiger partial charge < -0.3 is 10.6 Å². The zero-order valence-corrected chi connectivity index (χ0v) is 15.7. The molecule has 0 spiro atoms. The van der Waals surface area contributed by atoms with Crippen LogP contribution in [0.5, 0.6) is 0 Å². The molecule has 27 heavy (non-hydrogen) atoms. The van der Waals surface area contributed by atoms with E-state index in [4.69, 9.17) is 0 Å². The number of hydrogen-bond acceptors (Lipinski definition) is 4. The molecule has 2 aliphatic rings. The number of halogens is 1. The Morgan fingerprint density at radius 3 is 2.56 bits per heavy atom. The van der Waals surface area contributed by atoms with Crippen LogP contribution in [0.25, 0.3) is 5.69 Å². The van der Waals surface area contributed by atoms with E-state index in [1.165, 1.54) is 18.6 Å². The number of nitrogens with zero attached hydrogens (tertiary/aromatic N) is 2. The quantitative estimate of drug-likeness (QED) is 0.792. The summed E-state index contributed by atoms with van der Waals surface area (Å²) >= 11 is 1.71. The van der Waals surface area contributed by atoms with Crippen molar-refractivity contribution < 1.29 is 14.0 Å². The maximum Gasteiger partial charge on any atom is 0.314 e. The van der Waals surface area contributed by atoms with Crippen molar-refractivity contribution in [1.29, 1.82) is 0 Å². The number of aromatic nitrogens is 2. The average molecular weight is 388 g/mol. The third kappa shape index (κ3) is 3.85. The topological polar surface area (TPSA) is 76.0 Å². The van der Waals surface area contributed by atoms with Crippen LogP contribution in [0.15, 0.2) is 24.3 Å². The number of carbonyl (C=O) groups is 2. The summed E-state index contributed by atoms with van der Waals surface area (Å²) in [4.78, 5) is 24.8. The van der Waals surface area contributed by atoms with Crippen LogP contribution < -0.4 is 10.6 Å². The van der Waals surface area contributed by atoms with E-state index in [1.807, 2.05) is 0 Å². The highest BCUT2D eigenvalue weighted by molar-refractivity contribution is 7.98. The largest absolute Gasteiger partial charge is 0.345 e. The second kappa shape index (κ2) is 7.72. The van der Waals surface area contributed by atoms with Gasteiger partial charge in [0.15, 0.2) is 0 Å². The Kier molecular flexibility index (Phi) is 5.15. The number of nitrogens with one attached hydrogen (secondary N) is 2. The van der Waals surface area contributed by atoms with E-state index in [9.17, 15) is 14.0 Å². The molecule has 4 rings (SSSR count). The first-order valence-corrected chi connectivity index (χ1v) is 10.3. The predicted octanol–water partition coefficient (Wildman–Crippen LogP) is 3.15. The van der Waals surface area contributed by atoms with Gasteiger partial charge in [0.25, 0.3) is 0 Å². The van der Waals surface area contributed by atoms with Gasteiger partial charge in [-0.3, -0.25) is 9.59 Å². The van der Waals surface area contributed by atoms with Gasteiger partial charge in [0, 0.05) is 23.1 Å². The molecule has 6 nitrogen and oxygen atoms in total. The van der Waals surface area contributed by atoms with Crippen LogP contribution in [0.2, 0.25) is 0 Å². The van der Waals surface area contributed by atoms with Crippen LogP contribution in [-0.2, 0) is 21.1 Å². The fraction of sp³-hybridized carbons (Fsp3) is 0.421. The third-order valence-electron chi connectivity index (χ3n) is 5.00. The molecule has 2 heterocycles. The van der Waals surface area contributed by atoms with Gasteiger partial charge in [0.1, 0.15) is 11.6 Å². The molecule has 2 aromatic rings. The van der Waals surface area contributed by atoms with Gasteiger partial charge in [0.05, 0.1) is 11.4 Å². The summed E-state index contributed by atoms with van der Waals surface area (Å²) in [7, 11) is 0. The highest BCUT2D eigenvalue weighted by Crippen LogP contribution is 2.36. The van der Waals surface area contributed by atoms with E-state index in [2.05, 4.69) is 15.7 Å². The molecule has 1 saturated carbocycles. The van der Waals surface area contributed by atoms with Gasteiger partial charge in [-0.15, -0.1) is 0 Å². The van der Waals surface area contributed by atoms with Gasteiger partial charge >= 0.3 is 11.8 Å². The maximum atomic E-state index is 13.2. The highest BCUT2D eigenvalue weighted by atomic mass is 32.2. The number of anilines is 1. The maximum absolute atomic E-state index is 13.2. The molecule has 142 valence electrons. The van der Waals surface area contributed by atoms with E-state index in [0.717, 1.165) is 48.4 Å². The van der Waals surface area contributed by atoms with Gasteiger partial charge in [-0.2, -0.15) is 16.9 Å². The molecule has 1 aliphatic heterocycles. The summed E-state index contributed by atoms with van der Waals surface area (Å²) in [6.07, 6.45) is 5.17. The van der Waals surface area contributed by atoms with E-state index in [1.54, 1.807) is 28.6 Å². The van der Waals surface area contributed by atoms with Crippen molar-refractivity contribution in [3.63, 3.8) is 0 Å². The molecule has 8 heteroatoms. The Hall–Kier alpha value is -2.35. The molecule has 1 aromatic carbocycles. The molecule has 1 aromatic heterocycles. The molecule has 0 saturated heterocycles. The highest BCUT2D eigenvalue weighted by Gasteiger charge is 2.27. The van der Waals surface area contributed by atoms with E-state index >= 15 is 0 Å². The van der Waals surface area contributed by atoms with Crippen LogP contribution in [0, 0.1) is 5.82 Å². The van der Waals surface area contributed by atoms with Crippen LogP contribution in [0.3, 0.4) is 0 Å². The monoisotopic (exact) mass is 388 g/mol. The number of carbonyl (C=O) groups excluding carboxylic acids is 2. The van der Waals surface area contributed by atoms with Crippen molar-refractivity contribution in [1.82, 2.24) is 15.1 Å². The normalized spacial score (nSPS) is 16.8. The number of hydrogen-bond donors (Lipinski definition) is 2. The lowest BCUT2D eigenvalue weighted by Crippen LogP contribution is -2.42.